The molecule has 2 unspecified atom stereocenters. The third kappa shape index (κ3) is 3.07. The number of urea groups is 1. The molecule has 2 rings (SSSR count). The minimum absolute atomic E-state index is 0.0164. The Hall–Kier alpha value is -2.11. The number of anilines is 1. The van der Waals surface area contributed by atoms with E-state index in [-0.39, 0.29) is 23.8 Å². The zero-order valence-electron chi connectivity index (χ0n) is 11.7. The number of nitrogens with one attached hydrogen (secondary N) is 1. The Morgan fingerprint density at radius 3 is 2.30 bits per heavy atom. The van der Waals surface area contributed by atoms with E-state index in [4.69, 9.17) is 0 Å². The summed E-state index contributed by atoms with van der Waals surface area (Å²) in [6.07, 6.45) is 3.17. The molecule has 1 aromatic rings. The number of amides is 2. The summed E-state index contributed by atoms with van der Waals surface area (Å²) in [5.74, 6) is 0. The van der Waals surface area contributed by atoms with Gasteiger partial charge in [0, 0.05) is 29.9 Å². The fraction of sp³-hybridized carbons (Fsp3) is 0.500. The molecule has 1 heterocycles. The third-order valence-electron chi connectivity index (χ3n) is 3.76. The second-order valence-electron chi connectivity index (χ2n) is 5.27. The van der Waals surface area contributed by atoms with Crippen molar-refractivity contribution >= 4 is 17.4 Å². The van der Waals surface area contributed by atoms with Crippen molar-refractivity contribution in [1.29, 1.82) is 0 Å². The largest absolute Gasteiger partial charge is 0.322 e. The van der Waals surface area contributed by atoms with Crippen molar-refractivity contribution in [3.63, 3.8) is 0 Å². The zero-order chi connectivity index (χ0) is 14.7. The number of rotatable bonds is 2. The van der Waals surface area contributed by atoms with Gasteiger partial charge in [-0.25, -0.2) is 4.79 Å². The number of nitro benzene ring substituents is 1. The molecule has 1 fully saturated rings. The van der Waals surface area contributed by atoms with Crippen molar-refractivity contribution in [1.82, 2.24) is 4.90 Å². The van der Waals surface area contributed by atoms with Crippen LogP contribution in [0.5, 0.6) is 0 Å². The molecule has 1 aromatic carbocycles. The van der Waals surface area contributed by atoms with E-state index in [1.165, 1.54) is 12.1 Å². The molecule has 0 radical (unpaired) electrons. The smallest absolute Gasteiger partial charge is 0.319 e. The molecular formula is C14H19N3O3. The van der Waals surface area contributed by atoms with E-state index in [0.717, 1.165) is 19.3 Å². The van der Waals surface area contributed by atoms with Gasteiger partial charge >= 0.3 is 6.03 Å². The molecule has 0 aromatic heterocycles. The molecule has 6 heteroatoms. The summed E-state index contributed by atoms with van der Waals surface area (Å²) in [7, 11) is 0. The van der Waals surface area contributed by atoms with Crippen LogP contribution < -0.4 is 5.32 Å². The third-order valence-corrected chi connectivity index (χ3v) is 3.76. The standard InChI is InChI=1S/C14H19N3O3/c1-10-4-3-5-11(2)16(10)14(18)15-12-6-8-13(9-7-12)17(19)20/h6-11H,3-5H2,1-2H3,(H,15,18). The Kier molecular flexibility index (Phi) is 4.22. The van der Waals surface area contributed by atoms with Gasteiger partial charge in [-0.2, -0.15) is 0 Å². The highest BCUT2D eigenvalue weighted by Crippen LogP contribution is 2.24. The number of nitrogens with zero attached hydrogens (tertiary/aromatic N) is 2. The number of non-ortho nitro benzene ring substituents is 1. The Labute approximate surface area is 117 Å². The lowest BCUT2D eigenvalue weighted by Crippen LogP contribution is -2.49. The van der Waals surface area contributed by atoms with Crippen molar-refractivity contribution in [3.8, 4) is 0 Å². The number of hydrogen-bond donors (Lipinski definition) is 1. The van der Waals surface area contributed by atoms with Gasteiger partial charge in [-0.1, -0.05) is 0 Å². The van der Waals surface area contributed by atoms with Gasteiger partial charge in [0.05, 0.1) is 4.92 Å². The first-order valence-electron chi connectivity index (χ1n) is 6.83. The Morgan fingerprint density at radius 1 is 1.25 bits per heavy atom. The van der Waals surface area contributed by atoms with Crippen LogP contribution in [0.1, 0.15) is 33.1 Å². The minimum Gasteiger partial charge on any atom is -0.319 e. The average Bonchev–Trinajstić information content (AvgIpc) is 2.39. The van der Waals surface area contributed by atoms with Gasteiger partial charge in [0.1, 0.15) is 0 Å². The minimum atomic E-state index is -0.458. The molecule has 20 heavy (non-hydrogen) atoms. The van der Waals surface area contributed by atoms with Gasteiger partial charge in [0.2, 0.25) is 0 Å². The van der Waals surface area contributed by atoms with Crippen LogP contribution in [0.25, 0.3) is 0 Å². The lowest BCUT2D eigenvalue weighted by molar-refractivity contribution is -0.384. The molecule has 0 spiro atoms. The first-order valence-corrected chi connectivity index (χ1v) is 6.83. The summed E-state index contributed by atoms with van der Waals surface area (Å²) in [6, 6.07) is 6.18. The van der Waals surface area contributed by atoms with Crippen LogP contribution in [0.15, 0.2) is 24.3 Å². The predicted octanol–water partition coefficient (Wildman–Crippen LogP) is 3.39. The monoisotopic (exact) mass is 277 g/mol. The predicted molar refractivity (Wildman–Crippen MR) is 76.7 cm³/mol. The summed E-state index contributed by atoms with van der Waals surface area (Å²) in [4.78, 5) is 24.3. The Balaban J connectivity index is 2.05. The molecule has 0 aliphatic carbocycles. The summed E-state index contributed by atoms with van der Waals surface area (Å²) in [5, 5.41) is 13.4. The van der Waals surface area contributed by atoms with Crippen LogP contribution >= 0.6 is 0 Å². The highest BCUT2D eigenvalue weighted by molar-refractivity contribution is 5.89. The van der Waals surface area contributed by atoms with Crippen LogP contribution in [0, 0.1) is 10.1 Å². The molecule has 1 saturated heterocycles. The van der Waals surface area contributed by atoms with E-state index in [2.05, 4.69) is 5.32 Å². The molecule has 2 atom stereocenters. The number of likely N-dealkylation sites (tertiary alicyclic amines) is 1. The molecule has 108 valence electrons. The molecule has 1 N–H and O–H groups in total. The Morgan fingerprint density at radius 2 is 1.80 bits per heavy atom. The lowest BCUT2D eigenvalue weighted by Gasteiger charge is -2.38. The topological polar surface area (TPSA) is 75.5 Å². The Bertz CT molecular complexity index is 491. The van der Waals surface area contributed by atoms with Gasteiger partial charge in [-0.15, -0.1) is 0 Å². The van der Waals surface area contributed by atoms with Crippen molar-refractivity contribution in [3.05, 3.63) is 34.4 Å². The van der Waals surface area contributed by atoms with E-state index >= 15 is 0 Å². The first kappa shape index (κ1) is 14.3. The van der Waals surface area contributed by atoms with Crippen LogP contribution in [0.3, 0.4) is 0 Å². The van der Waals surface area contributed by atoms with E-state index in [9.17, 15) is 14.9 Å². The molecule has 1 aliphatic heterocycles. The quantitative estimate of drug-likeness (QED) is 0.665. The summed E-state index contributed by atoms with van der Waals surface area (Å²) in [6.45, 7) is 4.09. The van der Waals surface area contributed by atoms with Gasteiger partial charge in [-0.3, -0.25) is 10.1 Å². The maximum atomic E-state index is 12.3. The van der Waals surface area contributed by atoms with E-state index in [1.807, 2.05) is 18.7 Å². The molecule has 6 nitrogen and oxygen atoms in total. The fourth-order valence-corrected chi connectivity index (χ4v) is 2.68. The normalized spacial score (nSPS) is 22.4. The average molecular weight is 277 g/mol. The van der Waals surface area contributed by atoms with E-state index in [1.54, 1.807) is 12.1 Å². The van der Waals surface area contributed by atoms with Crippen LogP contribution in [0.4, 0.5) is 16.2 Å². The summed E-state index contributed by atoms with van der Waals surface area (Å²) < 4.78 is 0. The van der Waals surface area contributed by atoms with Crippen molar-refractivity contribution in [2.45, 2.75) is 45.2 Å². The van der Waals surface area contributed by atoms with Gasteiger partial charge < -0.3 is 10.2 Å². The SMILES string of the molecule is CC1CCCC(C)N1C(=O)Nc1ccc([N+](=O)[O-])cc1. The molecular weight excluding hydrogens is 258 g/mol. The number of carbonyl (C=O) groups excluding carboxylic acids is 1. The van der Waals surface area contributed by atoms with Crippen molar-refractivity contribution in [2.75, 3.05) is 5.32 Å². The molecule has 2 amide bonds. The van der Waals surface area contributed by atoms with Gasteiger partial charge in [0.15, 0.2) is 0 Å². The number of carbonyl (C=O) groups is 1. The van der Waals surface area contributed by atoms with Crippen LogP contribution in [0.2, 0.25) is 0 Å². The number of benzene rings is 1. The second-order valence-corrected chi connectivity index (χ2v) is 5.27. The summed E-state index contributed by atoms with van der Waals surface area (Å²) in [5.41, 5.74) is 0.591. The lowest BCUT2D eigenvalue weighted by atomic mass is 9.98. The molecule has 0 saturated carbocycles. The van der Waals surface area contributed by atoms with E-state index in [0.29, 0.717) is 5.69 Å². The van der Waals surface area contributed by atoms with E-state index < -0.39 is 4.92 Å². The van der Waals surface area contributed by atoms with Crippen LogP contribution in [-0.2, 0) is 0 Å². The summed E-state index contributed by atoms with van der Waals surface area (Å²) >= 11 is 0. The van der Waals surface area contributed by atoms with Crippen molar-refractivity contribution in [2.24, 2.45) is 0 Å². The van der Waals surface area contributed by atoms with Gasteiger partial charge in [0.25, 0.3) is 5.69 Å². The van der Waals surface area contributed by atoms with Crippen LogP contribution in [-0.4, -0.2) is 27.9 Å². The second kappa shape index (κ2) is 5.90. The van der Waals surface area contributed by atoms with Gasteiger partial charge in [-0.05, 0) is 45.2 Å². The highest BCUT2D eigenvalue weighted by Gasteiger charge is 2.28. The number of hydrogen-bond acceptors (Lipinski definition) is 3. The maximum absolute atomic E-state index is 12.3. The zero-order valence-corrected chi connectivity index (χ0v) is 11.7. The maximum Gasteiger partial charge on any atom is 0.322 e. The van der Waals surface area contributed by atoms with Crippen molar-refractivity contribution < 1.29 is 9.72 Å². The fourth-order valence-electron chi connectivity index (χ4n) is 2.68. The number of piperidine rings is 1. The molecule has 0 bridgehead atoms. The molecule has 1 aliphatic rings. The highest BCUT2D eigenvalue weighted by atomic mass is 16.6. The number of nitro groups is 1. The first-order chi connectivity index (χ1) is 9.49.